The summed E-state index contributed by atoms with van der Waals surface area (Å²) in [6.45, 7) is 3.67. The Morgan fingerprint density at radius 1 is 1.04 bits per heavy atom. The van der Waals surface area contributed by atoms with Crippen LogP contribution in [0.1, 0.15) is 17.3 Å². The average Bonchev–Trinajstić information content (AvgIpc) is 2.53. The maximum absolute atomic E-state index is 12.4. The van der Waals surface area contributed by atoms with E-state index in [9.17, 15) is 4.79 Å². The molecule has 2 aromatic rings. The van der Waals surface area contributed by atoms with Crippen molar-refractivity contribution >= 4 is 42.6 Å². The Balaban J connectivity index is 0.00000288. The van der Waals surface area contributed by atoms with Crippen LogP contribution in [0.5, 0.6) is 5.75 Å². The third-order valence-electron chi connectivity index (χ3n) is 2.94. The molecule has 2 rings (SSSR count). The molecule has 0 atom stereocenters. The van der Waals surface area contributed by atoms with E-state index in [-0.39, 0.29) is 24.4 Å². The molecule has 24 heavy (non-hydrogen) atoms. The van der Waals surface area contributed by atoms with Gasteiger partial charge in [-0.1, -0.05) is 41.4 Å². The standard InChI is InChI=1S/C17H16Cl2O3P.Li/c1-2-21-10-11-22-12-6-8-13(9-7-12)23-17(20)16-14(18)4-3-5-15(16)19;/h3-9H,2,10-11H2,1H3;/q-1;+1. The number of ether oxygens (including phenoxy) is 2. The fourth-order valence-electron chi connectivity index (χ4n) is 1.85. The second kappa shape index (κ2) is 11.2. The van der Waals surface area contributed by atoms with Crippen molar-refractivity contribution in [3.63, 3.8) is 0 Å². The Labute approximate surface area is 166 Å². The molecular formula is C17H16Cl2LiO3P. The number of benzene rings is 2. The van der Waals surface area contributed by atoms with Crippen LogP contribution >= 0.6 is 31.8 Å². The van der Waals surface area contributed by atoms with Crippen LogP contribution in [0.25, 0.3) is 0 Å². The number of carbonyl (C=O) groups excluding carboxylic acids is 1. The molecule has 0 radical (unpaired) electrons. The van der Waals surface area contributed by atoms with Gasteiger partial charge >= 0.3 is 18.9 Å². The van der Waals surface area contributed by atoms with Crippen LogP contribution in [0.2, 0.25) is 10.0 Å². The number of rotatable bonds is 8. The predicted molar refractivity (Wildman–Crippen MR) is 95.8 cm³/mol. The molecule has 3 nitrogen and oxygen atoms in total. The van der Waals surface area contributed by atoms with Gasteiger partial charge in [0.1, 0.15) is 12.4 Å². The van der Waals surface area contributed by atoms with Crippen molar-refractivity contribution in [2.24, 2.45) is 0 Å². The minimum absolute atomic E-state index is 0. The first-order valence-electron chi connectivity index (χ1n) is 7.12. The molecule has 2 aromatic carbocycles. The van der Waals surface area contributed by atoms with Crippen molar-refractivity contribution in [1.29, 1.82) is 0 Å². The van der Waals surface area contributed by atoms with E-state index in [1.54, 1.807) is 18.2 Å². The van der Waals surface area contributed by atoms with E-state index in [1.165, 1.54) is 0 Å². The van der Waals surface area contributed by atoms with Crippen molar-refractivity contribution in [3.05, 3.63) is 58.1 Å². The zero-order valence-electron chi connectivity index (χ0n) is 13.6. The molecule has 0 fully saturated rings. The van der Waals surface area contributed by atoms with Gasteiger partial charge in [0.2, 0.25) is 0 Å². The summed E-state index contributed by atoms with van der Waals surface area (Å²) in [5.41, 5.74) is 0.222. The van der Waals surface area contributed by atoms with Gasteiger partial charge in [0.25, 0.3) is 0 Å². The number of halogens is 2. The summed E-state index contributed by atoms with van der Waals surface area (Å²) in [6.07, 6.45) is 0. The summed E-state index contributed by atoms with van der Waals surface area (Å²) in [5, 5.41) is 1.58. The Morgan fingerprint density at radius 2 is 1.67 bits per heavy atom. The SMILES string of the molecule is CCOCCOc1ccc([P-]C(=O)c2c(Cl)cccc2Cl)cc1.[Li+]. The van der Waals surface area contributed by atoms with E-state index in [0.717, 1.165) is 11.1 Å². The number of hydrogen-bond donors (Lipinski definition) is 0. The summed E-state index contributed by atoms with van der Waals surface area (Å²) < 4.78 is 10.7. The Morgan fingerprint density at radius 3 is 2.25 bits per heavy atom. The number of hydrogen-bond acceptors (Lipinski definition) is 3. The van der Waals surface area contributed by atoms with E-state index >= 15 is 0 Å². The third kappa shape index (κ3) is 6.41. The minimum atomic E-state index is -0.134. The molecule has 0 bridgehead atoms. The van der Waals surface area contributed by atoms with Crippen LogP contribution in [-0.2, 0) is 4.74 Å². The average molecular weight is 377 g/mol. The minimum Gasteiger partial charge on any atom is -0.491 e. The van der Waals surface area contributed by atoms with E-state index in [4.69, 9.17) is 32.7 Å². The molecule has 0 unspecified atom stereocenters. The van der Waals surface area contributed by atoms with Crippen LogP contribution in [0.3, 0.4) is 0 Å². The Hall–Kier alpha value is -0.523. The normalized spacial score (nSPS) is 10.6. The number of carbonyl (C=O) groups is 1. The molecular weight excluding hydrogens is 361 g/mol. The van der Waals surface area contributed by atoms with E-state index in [2.05, 4.69) is 0 Å². The molecule has 0 saturated carbocycles. The van der Waals surface area contributed by atoms with Crippen molar-refractivity contribution in [1.82, 2.24) is 0 Å². The third-order valence-corrected chi connectivity index (χ3v) is 4.56. The van der Waals surface area contributed by atoms with Crippen LogP contribution in [0, 0.1) is 0 Å². The fraction of sp³-hybridized carbons (Fsp3) is 0.235. The first-order valence-corrected chi connectivity index (χ1v) is 8.77. The maximum atomic E-state index is 12.4. The van der Waals surface area contributed by atoms with E-state index in [0.29, 0.717) is 44.0 Å². The molecule has 0 aliphatic rings. The second-order valence-electron chi connectivity index (χ2n) is 4.55. The van der Waals surface area contributed by atoms with Gasteiger partial charge in [-0.15, -0.1) is 0 Å². The topological polar surface area (TPSA) is 35.5 Å². The van der Waals surface area contributed by atoms with Gasteiger partial charge in [0.05, 0.1) is 16.7 Å². The van der Waals surface area contributed by atoms with Crippen LogP contribution < -0.4 is 28.9 Å². The van der Waals surface area contributed by atoms with Crippen molar-refractivity contribution in [3.8, 4) is 5.75 Å². The smallest absolute Gasteiger partial charge is 0.491 e. The Kier molecular flexibility index (Phi) is 10.0. The van der Waals surface area contributed by atoms with Gasteiger partial charge in [-0.3, -0.25) is 0 Å². The first kappa shape index (κ1) is 21.5. The van der Waals surface area contributed by atoms with E-state index in [1.807, 2.05) is 31.2 Å². The monoisotopic (exact) mass is 376 g/mol. The molecule has 0 aromatic heterocycles. The molecule has 0 saturated heterocycles. The molecule has 0 aliphatic carbocycles. The summed E-state index contributed by atoms with van der Waals surface area (Å²) in [6, 6.07) is 12.4. The van der Waals surface area contributed by atoms with Gasteiger partial charge in [0, 0.05) is 17.7 Å². The largest absolute Gasteiger partial charge is 1.00 e. The van der Waals surface area contributed by atoms with Crippen molar-refractivity contribution < 1.29 is 33.1 Å². The molecule has 122 valence electrons. The molecule has 0 N–H and O–H groups in total. The van der Waals surface area contributed by atoms with Gasteiger partial charge < -0.3 is 22.8 Å². The zero-order chi connectivity index (χ0) is 16.7. The van der Waals surface area contributed by atoms with Crippen LogP contribution in [0.4, 0.5) is 0 Å². The Bertz CT molecular complexity index is 645. The quantitative estimate of drug-likeness (QED) is 0.400. The van der Waals surface area contributed by atoms with Gasteiger partial charge in [0.15, 0.2) is 0 Å². The summed E-state index contributed by atoms with van der Waals surface area (Å²) in [5.74, 6) is 0.742. The van der Waals surface area contributed by atoms with Gasteiger partial charge in [-0.05, 0) is 31.2 Å². The molecule has 7 heteroatoms. The zero-order valence-corrected chi connectivity index (χ0v) is 16.0. The van der Waals surface area contributed by atoms with Gasteiger partial charge in [-0.25, -0.2) is 0 Å². The molecule has 0 heterocycles. The van der Waals surface area contributed by atoms with Gasteiger partial charge in [-0.2, -0.15) is 5.30 Å². The van der Waals surface area contributed by atoms with E-state index < -0.39 is 0 Å². The predicted octanol–water partition coefficient (Wildman–Crippen LogP) is 1.82. The van der Waals surface area contributed by atoms with Crippen LogP contribution in [0.15, 0.2) is 42.5 Å². The summed E-state index contributed by atoms with van der Waals surface area (Å²) in [7, 11) is 0.518. The fourth-order valence-corrected chi connectivity index (χ4v) is 3.44. The van der Waals surface area contributed by atoms with Crippen LogP contribution in [-0.4, -0.2) is 25.3 Å². The van der Waals surface area contributed by atoms with Crippen molar-refractivity contribution in [2.75, 3.05) is 19.8 Å². The second-order valence-corrected chi connectivity index (χ2v) is 6.51. The maximum Gasteiger partial charge on any atom is 1.00 e. The first-order chi connectivity index (χ1) is 11.1. The molecule has 0 aliphatic heterocycles. The summed E-state index contributed by atoms with van der Waals surface area (Å²) >= 11 is 12.1. The summed E-state index contributed by atoms with van der Waals surface area (Å²) in [4.78, 5) is 12.4. The molecule has 0 spiro atoms. The molecule has 0 amide bonds. The van der Waals surface area contributed by atoms with Crippen molar-refractivity contribution in [2.45, 2.75) is 6.92 Å².